The fourth-order valence-electron chi connectivity index (χ4n) is 5.46. The SMILES string of the molecule is NC(=O)c1c(C23CC4CC(CC(C4)C2)C3)csc1N. The van der Waals surface area contributed by atoms with E-state index < -0.39 is 0 Å². The van der Waals surface area contributed by atoms with Gasteiger partial charge in [0.05, 0.1) is 10.6 Å². The first kappa shape index (κ1) is 11.8. The van der Waals surface area contributed by atoms with Gasteiger partial charge in [0.25, 0.3) is 5.91 Å². The van der Waals surface area contributed by atoms with Gasteiger partial charge in [0.2, 0.25) is 0 Å². The summed E-state index contributed by atoms with van der Waals surface area (Å²) in [5, 5.41) is 2.72. The van der Waals surface area contributed by atoms with E-state index in [-0.39, 0.29) is 11.3 Å². The highest BCUT2D eigenvalue weighted by molar-refractivity contribution is 7.14. The zero-order valence-electron chi connectivity index (χ0n) is 11.0. The third-order valence-corrected chi connectivity index (χ3v) is 6.49. The largest absolute Gasteiger partial charge is 0.390 e. The van der Waals surface area contributed by atoms with Crippen LogP contribution in [0.1, 0.15) is 54.4 Å². The summed E-state index contributed by atoms with van der Waals surface area (Å²) < 4.78 is 0. The number of thiophene rings is 1. The molecule has 0 spiro atoms. The minimum Gasteiger partial charge on any atom is -0.390 e. The molecule has 4 saturated carbocycles. The van der Waals surface area contributed by atoms with Crippen LogP contribution < -0.4 is 11.5 Å². The third kappa shape index (κ3) is 1.59. The number of primary amides is 1. The summed E-state index contributed by atoms with van der Waals surface area (Å²) in [6, 6.07) is 0. The van der Waals surface area contributed by atoms with Crippen LogP contribution in [0.3, 0.4) is 0 Å². The Morgan fingerprint density at radius 1 is 1.16 bits per heavy atom. The van der Waals surface area contributed by atoms with Crippen LogP contribution in [0.25, 0.3) is 0 Å². The number of anilines is 1. The van der Waals surface area contributed by atoms with Gasteiger partial charge in [-0.1, -0.05) is 0 Å². The zero-order valence-corrected chi connectivity index (χ0v) is 11.8. The molecule has 4 bridgehead atoms. The molecule has 0 aromatic carbocycles. The van der Waals surface area contributed by atoms with Gasteiger partial charge >= 0.3 is 0 Å². The Hall–Kier alpha value is -1.03. The van der Waals surface area contributed by atoms with Crippen LogP contribution in [0.15, 0.2) is 5.38 Å². The number of hydrogen-bond acceptors (Lipinski definition) is 3. The van der Waals surface area contributed by atoms with Gasteiger partial charge in [-0.25, -0.2) is 0 Å². The number of carbonyl (C=O) groups is 1. The molecule has 4 aliphatic rings. The fourth-order valence-corrected chi connectivity index (χ4v) is 6.40. The van der Waals surface area contributed by atoms with E-state index in [9.17, 15) is 4.79 Å². The van der Waals surface area contributed by atoms with Gasteiger partial charge in [0.1, 0.15) is 0 Å². The number of amides is 1. The Morgan fingerprint density at radius 3 is 2.16 bits per heavy atom. The first-order valence-corrected chi connectivity index (χ1v) is 8.12. The second-order valence-corrected chi connectivity index (χ2v) is 7.86. The Morgan fingerprint density at radius 2 is 1.68 bits per heavy atom. The van der Waals surface area contributed by atoms with Crippen molar-refractivity contribution < 1.29 is 4.79 Å². The Balaban J connectivity index is 1.82. The molecular formula is C15H20N2OS. The van der Waals surface area contributed by atoms with Crippen LogP contribution in [0.5, 0.6) is 0 Å². The molecule has 4 aliphatic carbocycles. The predicted molar refractivity (Wildman–Crippen MR) is 77.1 cm³/mol. The molecule has 0 aliphatic heterocycles. The van der Waals surface area contributed by atoms with Crippen LogP contribution in [-0.2, 0) is 5.41 Å². The maximum atomic E-state index is 11.7. The van der Waals surface area contributed by atoms with E-state index in [1.54, 1.807) is 0 Å². The molecule has 0 unspecified atom stereocenters. The number of rotatable bonds is 2. The summed E-state index contributed by atoms with van der Waals surface area (Å²) in [4.78, 5) is 11.7. The second-order valence-electron chi connectivity index (χ2n) is 6.95. The fraction of sp³-hybridized carbons (Fsp3) is 0.667. The van der Waals surface area contributed by atoms with Gasteiger partial charge in [-0.05, 0) is 72.6 Å². The van der Waals surface area contributed by atoms with Crippen molar-refractivity contribution in [2.45, 2.75) is 43.9 Å². The van der Waals surface area contributed by atoms with Crippen LogP contribution in [0, 0.1) is 17.8 Å². The van der Waals surface area contributed by atoms with Gasteiger partial charge in [-0.15, -0.1) is 11.3 Å². The highest BCUT2D eigenvalue weighted by Crippen LogP contribution is 2.61. The normalized spacial score (nSPS) is 39.7. The lowest BCUT2D eigenvalue weighted by Gasteiger charge is -2.57. The first-order chi connectivity index (χ1) is 9.07. The lowest BCUT2D eigenvalue weighted by molar-refractivity contribution is -0.00529. The highest BCUT2D eigenvalue weighted by atomic mass is 32.1. The van der Waals surface area contributed by atoms with Crippen LogP contribution >= 0.6 is 11.3 Å². The molecule has 1 amide bonds. The molecule has 0 radical (unpaired) electrons. The van der Waals surface area contributed by atoms with Crippen molar-refractivity contribution in [2.24, 2.45) is 23.5 Å². The molecule has 4 N–H and O–H groups in total. The topological polar surface area (TPSA) is 69.1 Å². The van der Waals surface area contributed by atoms with Crippen molar-refractivity contribution in [2.75, 3.05) is 5.73 Å². The summed E-state index contributed by atoms with van der Waals surface area (Å²) in [6.45, 7) is 0. The molecule has 4 heteroatoms. The first-order valence-electron chi connectivity index (χ1n) is 7.24. The Bertz CT molecular complexity index is 513. The highest BCUT2D eigenvalue weighted by Gasteiger charge is 2.52. The molecule has 102 valence electrons. The second kappa shape index (κ2) is 3.75. The molecule has 0 atom stereocenters. The van der Waals surface area contributed by atoms with Crippen molar-refractivity contribution >= 4 is 22.2 Å². The summed E-state index contributed by atoms with van der Waals surface area (Å²) in [7, 11) is 0. The van der Waals surface area contributed by atoms with E-state index in [0.717, 1.165) is 17.8 Å². The molecule has 0 saturated heterocycles. The zero-order chi connectivity index (χ0) is 13.2. The van der Waals surface area contributed by atoms with Crippen LogP contribution in [0.4, 0.5) is 5.00 Å². The molecular weight excluding hydrogens is 256 g/mol. The number of nitrogens with two attached hydrogens (primary N) is 2. The molecule has 4 fully saturated rings. The van der Waals surface area contributed by atoms with Crippen LogP contribution in [-0.4, -0.2) is 5.91 Å². The maximum Gasteiger partial charge on any atom is 0.251 e. The van der Waals surface area contributed by atoms with Gasteiger partial charge in [-0.3, -0.25) is 4.79 Å². The smallest absolute Gasteiger partial charge is 0.251 e. The van der Waals surface area contributed by atoms with E-state index in [1.165, 1.54) is 55.4 Å². The lowest BCUT2D eigenvalue weighted by Crippen LogP contribution is -2.49. The Kier molecular flexibility index (Phi) is 2.32. The summed E-state index contributed by atoms with van der Waals surface area (Å²) in [5.74, 6) is 2.26. The molecule has 19 heavy (non-hydrogen) atoms. The molecule has 1 aromatic heterocycles. The van der Waals surface area contributed by atoms with Gasteiger partial charge < -0.3 is 11.5 Å². The molecule has 1 aromatic rings. The van der Waals surface area contributed by atoms with Gasteiger partial charge in [0.15, 0.2) is 0 Å². The average molecular weight is 276 g/mol. The van der Waals surface area contributed by atoms with Crippen molar-refractivity contribution in [1.29, 1.82) is 0 Å². The van der Waals surface area contributed by atoms with E-state index in [2.05, 4.69) is 5.38 Å². The van der Waals surface area contributed by atoms with E-state index >= 15 is 0 Å². The monoisotopic (exact) mass is 276 g/mol. The maximum absolute atomic E-state index is 11.7. The third-order valence-electron chi connectivity index (χ3n) is 5.68. The van der Waals surface area contributed by atoms with E-state index in [4.69, 9.17) is 11.5 Å². The summed E-state index contributed by atoms with van der Waals surface area (Å²) in [5.41, 5.74) is 13.6. The predicted octanol–water partition coefficient (Wildman–Crippen LogP) is 2.90. The van der Waals surface area contributed by atoms with Crippen molar-refractivity contribution in [3.63, 3.8) is 0 Å². The average Bonchev–Trinajstić information content (AvgIpc) is 2.70. The lowest BCUT2D eigenvalue weighted by atomic mass is 9.48. The number of hydrogen-bond donors (Lipinski definition) is 2. The van der Waals surface area contributed by atoms with Gasteiger partial charge in [-0.2, -0.15) is 0 Å². The van der Waals surface area contributed by atoms with Crippen molar-refractivity contribution in [1.82, 2.24) is 0 Å². The molecule has 3 nitrogen and oxygen atoms in total. The minimum absolute atomic E-state index is 0.216. The van der Waals surface area contributed by atoms with Crippen molar-refractivity contribution in [3.05, 3.63) is 16.5 Å². The van der Waals surface area contributed by atoms with E-state index in [1.807, 2.05) is 0 Å². The van der Waals surface area contributed by atoms with Crippen molar-refractivity contribution in [3.8, 4) is 0 Å². The number of nitrogen functional groups attached to an aromatic ring is 1. The minimum atomic E-state index is -0.343. The quantitative estimate of drug-likeness (QED) is 0.872. The molecule has 1 heterocycles. The summed E-state index contributed by atoms with van der Waals surface area (Å²) >= 11 is 1.49. The van der Waals surface area contributed by atoms with Crippen LogP contribution in [0.2, 0.25) is 0 Å². The molecule has 5 rings (SSSR count). The standard InChI is InChI=1S/C15H20N2OS/c16-13(18)12-11(7-19-14(12)17)15-4-8-1-9(5-15)3-10(2-8)6-15/h7-10H,1-6,17H2,(H2,16,18). The summed E-state index contributed by atoms with van der Waals surface area (Å²) in [6.07, 6.45) is 7.96. The van der Waals surface area contributed by atoms with Gasteiger partial charge in [0, 0.05) is 0 Å². The van der Waals surface area contributed by atoms with E-state index in [0.29, 0.717) is 10.6 Å². The number of carbonyl (C=O) groups excluding carboxylic acids is 1. The Labute approximate surface area is 117 Å².